The third kappa shape index (κ3) is 1.35. The SMILES string of the molecule is N[C@H]1CCn2c1cc1c(Br)cc(Cl)c(Cl)c12. The fourth-order valence-corrected chi connectivity index (χ4v) is 3.44. The summed E-state index contributed by atoms with van der Waals surface area (Å²) in [5.41, 5.74) is 8.16. The molecule has 1 aromatic carbocycles. The van der Waals surface area contributed by atoms with Crippen LogP contribution in [0.15, 0.2) is 16.6 Å². The predicted octanol–water partition coefficient (Wildman–Crippen LogP) is 4.11. The average Bonchev–Trinajstić information content (AvgIpc) is 2.76. The van der Waals surface area contributed by atoms with E-state index in [1.807, 2.05) is 6.07 Å². The predicted molar refractivity (Wildman–Crippen MR) is 71.2 cm³/mol. The number of nitrogens with zero attached hydrogens (tertiary/aromatic N) is 1. The van der Waals surface area contributed by atoms with Gasteiger partial charge in [-0.3, -0.25) is 0 Å². The molecule has 0 unspecified atom stereocenters. The molecule has 1 aromatic heterocycles. The van der Waals surface area contributed by atoms with Gasteiger partial charge in [-0.25, -0.2) is 0 Å². The summed E-state index contributed by atoms with van der Waals surface area (Å²) in [7, 11) is 0. The molecule has 5 heteroatoms. The van der Waals surface area contributed by atoms with Gasteiger partial charge in [-0.1, -0.05) is 39.1 Å². The lowest BCUT2D eigenvalue weighted by Crippen LogP contribution is -2.04. The Balaban J connectivity index is 2.46. The van der Waals surface area contributed by atoms with E-state index in [4.69, 9.17) is 28.9 Å². The average molecular weight is 320 g/mol. The Morgan fingerprint density at radius 2 is 2.12 bits per heavy atom. The molecule has 1 atom stereocenters. The molecule has 2 N–H and O–H groups in total. The van der Waals surface area contributed by atoms with Crippen molar-refractivity contribution in [2.75, 3.05) is 0 Å². The highest BCUT2D eigenvalue weighted by atomic mass is 79.9. The number of benzene rings is 1. The van der Waals surface area contributed by atoms with Crippen LogP contribution in [-0.4, -0.2) is 4.57 Å². The van der Waals surface area contributed by atoms with Crippen molar-refractivity contribution >= 4 is 50.0 Å². The molecular formula is C11H9BrCl2N2. The van der Waals surface area contributed by atoms with Crippen LogP contribution in [0.5, 0.6) is 0 Å². The number of rotatable bonds is 0. The van der Waals surface area contributed by atoms with Crippen LogP contribution in [0.2, 0.25) is 10.0 Å². The van der Waals surface area contributed by atoms with Crippen molar-refractivity contribution < 1.29 is 0 Å². The lowest BCUT2D eigenvalue weighted by atomic mass is 10.2. The van der Waals surface area contributed by atoms with Gasteiger partial charge in [0.25, 0.3) is 0 Å². The van der Waals surface area contributed by atoms with E-state index in [1.165, 1.54) is 0 Å². The van der Waals surface area contributed by atoms with Crippen molar-refractivity contribution in [1.29, 1.82) is 0 Å². The Hall–Kier alpha value is -0.220. The highest BCUT2D eigenvalue weighted by Gasteiger charge is 2.24. The van der Waals surface area contributed by atoms with E-state index >= 15 is 0 Å². The van der Waals surface area contributed by atoms with Crippen molar-refractivity contribution in [2.45, 2.75) is 19.0 Å². The van der Waals surface area contributed by atoms with Gasteiger partial charge in [0.05, 0.1) is 15.6 Å². The molecule has 2 aromatic rings. The number of aromatic nitrogens is 1. The maximum absolute atomic E-state index is 6.26. The first-order valence-electron chi connectivity index (χ1n) is 5.02. The summed E-state index contributed by atoms with van der Waals surface area (Å²) >= 11 is 15.8. The van der Waals surface area contributed by atoms with Gasteiger partial charge in [0.2, 0.25) is 0 Å². The summed E-state index contributed by atoms with van der Waals surface area (Å²) in [6.07, 6.45) is 0.964. The van der Waals surface area contributed by atoms with Crippen LogP contribution in [0.1, 0.15) is 18.2 Å². The van der Waals surface area contributed by atoms with Crippen molar-refractivity contribution in [3.8, 4) is 0 Å². The molecule has 2 heterocycles. The van der Waals surface area contributed by atoms with E-state index in [-0.39, 0.29) is 6.04 Å². The van der Waals surface area contributed by atoms with Crippen LogP contribution in [0.25, 0.3) is 10.9 Å². The van der Waals surface area contributed by atoms with Gasteiger partial charge in [0.1, 0.15) is 0 Å². The molecule has 0 amide bonds. The molecule has 0 aliphatic carbocycles. The van der Waals surface area contributed by atoms with Crippen molar-refractivity contribution in [1.82, 2.24) is 4.57 Å². The van der Waals surface area contributed by atoms with E-state index < -0.39 is 0 Å². The number of hydrogen-bond donors (Lipinski definition) is 1. The third-order valence-corrected chi connectivity index (χ3v) is 4.53. The highest BCUT2D eigenvalue weighted by Crippen LogP contribution is 2.41. The molecule has 3 rings (SSSR count). The summed E-state index contributed by atoms with van der Waals surface area (Å²) in [4.78, 5) is 0. The third-order valence-electron chi connectivity index (χ3n) is 3.10. The van der Waals surface area contributed by atoms with Crippen LogP contribution < -0.4 is 5.73 Å². The van der Waals surface area contributed by atoms with Gasteiger partial charge < -0.3 is 10.3 Å². The standard InChI is InChI=1S/C11H9BrCl2N2/c12-6-4-7(13)10(14)11-5(6)3-9-8(15)1-2-16(9)11/h3-4,8H,1-2,15H2/t8-/m0/s1. The molecule has 0 saturated heterocycles. The Kier molecular flexibility index (Phi) is 2.48. The Morgan fingerprint density at radius 3 is 2.88 bits per heavy atom. The lowest BCUT2D eigenvalue weighted by Gasteiger charge is -2.05. The molecule has 0 radical (unpaired) electrons. The molecular weight excluding hydrogens is 311 g/mol. The molecule has 16 heavy (non-hydrogen) atoms. The maximum atomic E-state index is 6.26. The van der Waals surface area contributed by atoms with E-state index in [0.717, 1.165) is 34.0 Å². The summed E-state index contributed by atoms with van der Waals surface area (Å²) < 4.78 is 3.13. The number of nitrogens with two attached hydrogens (primary N) is 1. The first kappa shape index (κ1) is 10.9. The summed E-state index contributed by atoms with van der Waals surface area (Å²) in [5.74, 6) is 0. The smallest absolute Gasteiger partial charge is 0.0836 e. The van der Waals surface area contributed by atoms with Crippen LogP contribution in [0, 0.1) is 0 Å². The summed E-state index contributed by atoms with van der Waals surface area (Å²) in [6.45, 7) is 0.909. The van der Waals surface area contributed by atoms with Crippen LogP contribution in [-0.2, 0) is 6.54 Å². The molecule has 84 valence electrons. The zero-order valence-corrected chi connectivity index (χ0v) is 11.4. The molecule has 0 fully saturated rings. The van der Waals surface area contributed by atoms with Crippen LogP contribution >= 0.6 is 39.1 Å². The van der Waals surface area contributed by atoms with Crippen LogP contribution in [0.3, 0.4) is 0 Å². The minimum atomic E-state index is 0.106. The normalized spacial score (nSPS) is 19.4. The Bertz CT molecular complexity index is 591. The van der Waals surface area contributed by atoms with Crippen molar-refractivity contribution in [3.05, 3.63) is 32.3 Å². The van der Waals surface area contributed by atoms with Crippen LogP contribution in [0.4, 0.5) is 0 Å². The fourth-order valence-electron chi connectivity index (χ4n) is 2.32. The fraction of sp³-hybridized carbons (Fsp3) is 0.273. The second-order valence-corrected chi connectivity index (χ2v) is 5.67. The molecule has 2 nitrogen and oxygen atoms in total. The number of hydrogen-bond acceptors (Lipinski definition) is 1. The zero-order chi connectivity index (χ0) is 11.4. The first-order chi connectivity index (χ1) is 7.59. The second kappa shape index (κ2) is 3.64. The monoisotopic (exact) mass is 318 g/mol. The van der Waals surface area contributed by atoms with Gasteiger partial charge in [0.15, 0.2) is 0 Å². The molecule has 0 saturated carbocycles. The van der Waals surface area contributed by atoms with Gasteiger partial charge >= 0.3 is 0 Å². The minimum Gasteiger partial charge on any atom is -0.342 e. The molecule has 1 aliphatic rings. The highest BCUT2D eigenvalue weighted by molar-refractivity contribution is 9.10. The van der Waals surface area contributed by atoms with E-state index in [1.54, 1.807) is 0 Å². The largest absolute Gasteiger partial charge is 0.342 e. The Labute approximate surface area is 111 Å². The zero-order valence-electron chi connectivity index (χ0n) is 8.30. The van der Waals surface area contributed by atoms with Gasteiger partial charge in [0, 0.05) is 28.1 Å². The number of fused-ring (bicyclic) bond motifs is 3. The topological polar surface area (TPSA) is 30.9 Å². The second-order valence-electron chi connectivity index (χ2n) is 4.03. The summed E-state index contributed by atoms with van der Waals surface area (Å²) in [5, 5.41) is 2.27. The minimum absolute atomic E-state index is 0.106. The van der Waals surface area contributed by atoms with E-state index in [9.17, 15) is 0 Å². The number of halogens is 3. The van der Waals surface area contributed by atoms with E-state index in [0.29, 0.717) is 10.0 Å². The lowest BCUT2D eigenvalue weighted by molar-refractivity contribution is 0.691. The van der Waals surface area contributed by atoms with Crippen molar-refractivity contribution in [3.63, 3.8) is 0 Å². The maximum Gasteiger partial charge on any atom is 0.0836 e. The van der Waals surface area contributed by atoms with E-state index in [2.05, 4.69) is 26.6 Å². The van der Waals surface area contributed by atoms with Crippen molar-refractivity contribution in [2.24, 2.45) is 5.73 Å². The summed E-state index contributed by atoms with van der Waals surface area (Å²) in [6, 6.07) is 4.03. The van der Waals surface area contributed by atoms with Gasteiger partial charge in [-0.2, -0.15) is 0 Å². The molecule has 1 aliphatic heterocycles. The quantitative estimate of drug-likeness (QED) is 0.728. The molecule has 0 bridgehead atoms. The molecule has 0 spiro atoms. The van der Waals surface area contributed by atoms with Gasteiger partial charge in [-0.05, 0) is 18.6 Å². The van der Waals surface area contributed by atoms with Gasteiger partial charge in [-0.15, -0.1) is 0 Å². The Morgan fingerprint density at radius 1 is 1.38 bits per heavy atom. The number of aryl methyl sites for hydroxylation is 1. The first-order valence-corrected chi connectivity index (χ1v) is 6.56.